The number of fused-ring (bicyclic) bond motifs is 1. The number of rotatable bonds is 3. The summed E-state index contributed by atoms with van der Waals surface area (Å²) in [5.41, 5.74) is 2.95. The minimum absolute atomic E-state index is 0.0184. The van der Waals surface area contributed by atoms with Gasteiger partial charge in [-0.05, 0) is 87.5 Å². The molecule has 2 heteroatoms. The average Bonchev–Trinajstić information content (AvgIpc) is 2.75. The Morgan fingerprint density at radius 2 is 1.83 bits per heavy atom. The van der Waals surface area contributed by atoms with E-state index < -0.39 is 0 Å². The summed E-state index contributed by atoms with van der Waals surface area (Å²) in [6, 6.07) is 8.52. The normalized spacial score (nSPS) is 34.7. The molecule has 0 N–H and O–H groups in total. The highest BCUT2D eigenvalue weighted by Crippen LogP contribution is 2.59. The Bertz CT molecular complexity index is 613. The second-order valence-electron chi connectivity index (χ2n) is 8.10. The summed E-state index contributed by atoms with van der Waals surface area (Å²) >= 11 is 0. The van der Waals surface area contributed by atoms with Gasteiger partial charge in [0.1, 0.15) is 5.75 Å². The lowest BCUT2D eigenvalue weighted by Crippen LogP contribution is -2.44. The third-order valence-corrected chi connectivity index (χ3v) is 6.50. The van der Waals surface area contributed by atoms with E-state index in [-0.39, 0.29) is 11.2 Å². The Morgan fingerprint density at radius 1 is 1.09 bits per heavy atom. The van der Waals surface area contributed by atoms with Crippen molar-refractivity contribution in [3.63, 3.8) is 0 Å². The number of hydrogen-bond donors (Lipinski definition) is 0. The second kappa shape index (κ2) is 5.37. The predicted octanol–water partition coefficient (Wildman–Crippen LogP) is 4.92. The van der Waals surface area contributed by atoms with Gasteiger partial charge in [-0.3, -0.25) is 0 Å². The highest BCUT2D eigenvalue weighted by Gasteiger charge is 2.59. The standard InChI is InChI=1S/C21H28O2/c1-20(2)18-10-9-16-5-4-6-17(21(16,14-18)23-20)13-15-7-11-19(22-3)12-8-15/h6-8,11-12,16,18H,4-5,9-10,13-14H2,1-3H3/t16?,18-,21-/m1/s1. The van der Waals surface area contributed by atoms with Gasteiger partial charge in [-0.1, -0.05) is 18.2 Å². The van der Waals surface area contributed by atoms with Crippen molar-refractivity contribution in [2.45, 2.75) is 63.6 Å². The second-order valence-corrected chi connectivity index (χ2v) is 8.10. The van der Waals surface area contributed by atoms with Crippen molar-refractivity contribution in [2.75, 3.05) is 7.11 Å². The Morgan fingerprint density at radius 3 is 2.57 bits per heavy atom. The molecular weight excluding hydrogens is 284 g/mol. The fourth-order valence-electron chi connectivity index (χ4n) is 5.19. The van der Waals surface area contributed by atoms with E-state index in [2.05, 4.69) is 44.2 Å². The molecule has 3 aliphatic rings. The monoisotopic (exact) mass is 312 g/mol. The molecule has 2 nitrogen and oxygen atoms in total. The topological polar surface area (TPSA) is 18.5 Å². The molecule has 0 aromatic heterocycles. The summed E-state index contributed by atoms with van der Waals surface area (Å²) < 4.78 is 12.1. The Kier molecular flexibility index (Phi) is 3.57. The molecule has 0 amide bonds. The van der Waals surface area contributed by atoms with Gasteiger partial charge in [0.25, 0.3) is 0 Å². The van der Waals surface area contributed by atoms with Crippen molar-refractivity contribution in [1.29, 1.82) is 0 Å². The van der Waals surface area contributed by atoms with Crippen LogP contribution in [0.25, 0.3) is 0 Å². The molecule has 2 aliphatic carbocycles. The van der Waals surface area contributed by atoms with E-state index in [4.69, 9.17) is 9.47 Å². The fourth-order valence-corrected chi connectivity index (χ4v) is 5.19. The third kappa shape index (κ3) is 2.42. The molecule has 1 unspecified atom stereocenters. The molecule has 23 heavy (non-hydrogen) atoms. The summed E-state index contributed by atoms with van der Waals surface area (Å²) in [5.74, 6) is 2.37. The van der Waals surface area contributed by atoms with Crippen molar-refractivity contribution in [1.82, 2.24) is 0 Å². The number of allylic oxidation sites excluding steroid dienone is 1. The number of ether oxygens (including phenoxy) is 2. The van der Waals surface area contributed by atoms with Gasteiger partial charge in [0.2, 0.25) is 0 Å². The fraction of sp³-hybridized carbons (Fsp3) is 0.619. The van der Waals surface area contributed by atoms with Crippen LogP contribution in [0.2, 0.25) is 0 Å². The third-order valence-electron chi connectivity index (χ3n) is 6.50. The highest BCUT2D eigenvalue weighted by atomic mass is 16.5. The highest BCUT2D eigenvalue weighted by molar-refractivity contribution is 5.35. The molecule has 2 fully saturated rings. The van der Waals surface area contributed by atoms with Crippen molar-refractivity contribution in [3.05, 3.63) is 41.5 Å². The molecule has 3 atom stereocenters. The SMILES string of the molecule is COc1ccc(CC2=CCCC3CC[C@@H]4C[C@]23OC4(C)C)cc1. The zero-order valence-electron chi connectivity index (χ0n) is 14.6. The summed E-state index contributed by atoms with van der Waals surface area (Å²) in [6.07, 6.45) is 9.92. The zero-order valence-corrected chi connectivity index (χ0v) is 14.6. The predicted molar refractivity (Wildman–Crippen MR) is 92.7 cm³/mol. The first-order chi connectivity index (χ1) is 11.0. The Labute approximate surface area is 139 Å². The molecule has 1 saturated carbocycles. The zero-order chi connectivity index (χ0) is 16.1. The maximum Gasteiger partial charge on any atom is 0.118 e. The lowest BCUT2D eigenvalue weighted by Gasteiger charge is -2.44. The smallest absolute Gasteiger partial charge is 0.118 e. The van der Waals surface area contributed by atoms with E-state index in [1.165, 1.54) is 43.2 Å². The molecule has 0 radical (unpaired) electrons. The van der Waals surface area contributed by atoms with Crippen LogP contribution in [-0.4, -0.2) is 18.3 Å². The van der Waals surface area contributed by atoms with E-state index >= 15 is 0 Å². The van der Waals surface area contributed by atoms with Crippen molar-refractivity contribution >= 4 is 0 Å². The molecule has 1 heterocycles. The van der Waals surface area contributed by atoms with Crippen molar-refractivity contribution < 1.29 is 9.47 Å². The minimum Gasteiger partial charge on any atom is -0.497 e. The van der Waals surface area contributed by atoms with Crippen LogP contribution in [-0.2, 0) is 11.2 Å². The summed E-state index contributed by atoms with van der Waals surface area (Å²) in [5, 5.41) is 0. The minimum atomic E-state index is 0.0184. The van der Waals surface area contributed by atoms with Crippen LogP contribution in [0.5, 0.6) is 5.75 Å². The molecule has 4 rings (SSSR count). The average molecular weight is 312 g/mol. The van der Waals surface area contributed by atoms with Crippen LogP contribution < -0.4 is 4.74 Å². The lowest BCUT2D eigenvalue weighted by molar-refractivity contribution is -0.0972. The Balaban J connectivity index is 1.63. The summed E-state index contributed by atoms with van der Waals surface area (Å²) in [7, 11) is 1.72. The maximum absolute atomic E-state index is 6.80. The first-order valence-electron chi connectivity index (χ1n) is 9.06. The number of hydrogen-bond acceptors (Lipinski definition) is 2. The summed E-state index contributed by atoms with van der Waals surface area (Å²) in [4.78, 5) is 0. The quantitative estimate of drug-likeness (QED) is 0.737. The van der Waals surface area contributed by atoms with Gasteiger partial charge in [-0.2, -0.15) is 0 Å². The van der Waals surface area contributed by atoms with E-state index in [1.54, 1.807) is 7.11 Å². The van der Waals surface area contributed by atoms with Gasteiger partial charge in [0.05, 0.1) is 18.3 Å². The number of benzene rings is 1. The van der Waals surface area contributed by atoms with Gasteiger partial charge >= 0.3 is 0 Å². The number of methoxy groups -OCH3 is 1. The molecule has 1 aliphatic heterocycles. The van der Waals surface area contributed by atoms with Crippen LogP contribution in [0.1, 0.15) is 51.5 Å². The van der Waals surface area contributed by atoms with Crippen LogP contribution >= 0.6 is 0 Å². The Hall–Kier alpha value is -1.28. The summed E-state index contributed by atoms with van der Waals surface area (Å²) in [6.45, 7) is 4.60. The maximum atomic E-state index is 6.80. The van der Waals surface area contributed by atoms with Gasteiger partial charge in [-0.25, -0.2) is 0 Å². The molecule has 1 aromatic carbocycles. The largest absolute Gasteiger partial charge is 0.497 e. The van der Waals surface area contributed by atoms with Crippen molar-refractivity contribution in [2.24, 2.45) is 11.8 Å². The molecule has 1 aromatic rings. The van der Waals surface area contributed by atoms with E-state index in [1.807, 2.05) is 0 Å². The molecule has 1 spiro atoms. The van der Waals surface area contributed by atoms with E-state index in [0.29, 0.717) is 0 Å². The molecule has 124 valence electrons. The van der Waals surface area contributed by atoms with Gasteiger partial charge < -0.3 is 9.47 Å². The van der Waals surface area contributed by atoms with Crippen LogP contribution in [0.4, 0.5) is 0 Å². The van der Waals surface area contributed by atoms with Gasteiger partial charge in [0, 0.05) is 0 Å². The lowest BCUT2D eigenvalue weighted by atomic mass is 9.63. The molecular formula is C21H28O2. The molecule has 1 saturated heterocycles. The van der Waals surface area contributed by atoms with Gasteiger partial charge in [-0.15, -0.1) is 0 Å². The van der Waals surface area contributed by atoms with Crippen LogP contribution in [0, 0.1) is 11.8 Å². The molecule has 2 bridgehead atoms. The van der Waals surface area contributed by atoms with Crippen LogP contribution in [0.3, 0.4) is 0 Å². The van der Waals surface area contributed by atoms with Crippen LogP contribution in [0.15, 0.2) is 35.9 Å². The first kappa shape index (κ1) is 15.3. The van der Waals surface area contributed by atoms with Crippen molar-refractivity contribution in [3.8, 4) is 5.75 Å². The van der Waals surface area contributed by atoms with Gasteiger partial charge in [0.15, 0.2) is 0 Å². The first-order valence-corrected chi connectivity index (χ1v) is 9.06. The van der Waals surface area contributed by atoms with E-state index in [0.717, 1.165) is 24.0 Å². The van der Waals surface area contributed by atoms with E-state index in [9.17, 15) is 0 Å².